The maximum atomic E-state index is 5.18. The van der Waals surface area contributed by atoms with Crippen LogP contribution in [0, 0.1) is 0 Å². The fraction of sp³-hybridized carbons (Fsp3) is 0.0588. The van der Waals surface area contributed by atoms with Gasteiger partial charge in [-0.2, -0.15) is 0 Å². The second-order valence-corrected chi connectivity index (χ2v) is 4.94. The van der Waals surface area contributed by atoms with Gasteiger partial charge in [0.05, 0.1) is 12.5 Å². The van der Waals surface area contributed by atoms with E-state index in [0.717, 1.165) is 22.3 Å². The van der Waals surface area contributed by atoms with Gasteiger partial charge >= 0.3 is 0 Å². The smallest absolute Gasteiger partial charge is 0.144 e. The van der Waals surface area contributed by atoms with Crippen LogP contribution >= 0.6 is 0 Å². The van der Waals surface area contributed by atoms with Gasteiger partial charge in [-0.3, -0.25) is 4.98 Å². The molecular formula is C17H12N4O2. The Kier molecular flexibility index (Phi) is 3.20. The molecule has 23 heavy (non-hydrogen) atoms. The monoisotopic (exact) mass is 304 g/mol. The van der Waals surface area contributed by atoms with Gasteiger partial charge in [-0.15, -0.1) is 10.2 Å². The van der Waals surface area contributed by atoms with Gasteiger partial charge in [0, 0.05) is 23.5 Å². The van der Waals surface area contributed by atoms with Crippen LogP contribution in [0.25, 0.3) is 33.4 Å². The van der Waals surface area contributed by atoms with Crippen LogP contribution in [0.2, 0.25) is 0 Å². The molecule has 0 spiro atoms. The lowest BCUT2D eigenvalue weighted by Gasteiger charge is -2.05. The molecule has 6 heteroatoms. The first-order valence-electron chi connectivity index (χ1n) is 7.02. The summed E-state index contributed by atoms with van der Waals surface area (Å²) < 4.78 is 10.3. The van der Waals surface area contributed by atoms with E-state index in [0.29, 0.717) is 16.9 Å². The van der Waals surface area contributed by atoms with Crippen molar-refractivity contribution in [3.05, 3.63) is 55.1 Å². The Morgan fingerprint density at radius 1 is 0.957 bits per heavy atom. The van der Waals surface area contributed by atoms with E-state index in [4.69, 9.17) is 9.26 Å². The second-order valence-electron chi connectivity index (χ2n) is 4.94. The highest BCUT2D eigenvalue weighted by molar-refractivity contribution is 5.98. The van der Waals surface area contributed by atoms with Crippen molar-refractivity contribution in [3.63, 3.8) is 0 Å². The topological polar surface area (TPSA) is 73.9 Å². The number of nitrogens with zero attached hydrogens (tertiary/aromatic N) is 4. The van der Waals surface area contributed by atoms with E-state index in [1.54, 1.807) is 25.8 Å². The van der Waals surface area contributed by atoms with Crippen LogP contribution in [0.4, 0.5) is 0 Å². The van der Waals surface area contributed by atoms with Crippen LogP contribution in [-0.2, 0) is 0 Å². The van der Waals surface area contributed by atoms with Gasteiger partial charge in [-0.05, 0) is 36.4 Å². The van der Waals surface area contributed by atoms with E-state index in [-0.39, 0.29) is 0 Å². The van der Waals surface area contributed by atoms with Gasteiger partial charge in [0.15, 0.2) is 0 Å². The zero-order valence-electron chi connectivity index (χ0n) is 12.3. The Morgan fingerprint density at radius 2 is 1.78 bits per heavy atom. The zero-order chi connectivity index (χ0) is 15.6. The minimum atomic E-state index is 0.670. The van der Waals surface area contributed by atoms with Gasteiger partial charge in [0.1, 0.15) is 28.9 Å². The standard InChI is InChI=1S/C17H12N4O2/c1-22-13-6-4-11(5-7-13)16-17-14(10-23-21-17)15(19-20-16)12-3-2-8-18-9-12/h2-10H,1H3. The molecule has 4 rings (SSSR count). The van der Waals surface area contributed by atoms with Crippen LogP contribution in [0.3, 0.4) is 0 Å². The van der Waals surface area contributed by atoms with Crippen molar-refractivity contribution < 1.29 is 9.26 Å². The molecule has 4 aromatic rings. The fourth-order valence-corrected chi connectivity index (χ4v) is 2.44. The molecule has 0 aliphatic heterocycles. The summed E-state index contributed by atoms with van der Waals surface area (Å²) in [7, 11) is 1.63. The number of pyridine rings is 1. The summed E-state index contributed by atoms with van der Waals surface area (Å²) in [6.45, 7) is 0. The van der Waals surface area contributed by atoms with E-state index in [1.165, 1.54) is 0 Å². The Hall–Kier alpha value is -3.28. The number of hydrogen-bond acceptors (Lipinski definition) is 6. The normalized spacial score (nSPS) is 10.8. The van der Waals surface area contributed by atoms with E-state index in [2.05, 4.69) is 20.3 Å². The number of rotatable bonds is 3. The second kappa shape index (κ2) is 5.49. The Bertz CT molecular complexity index is 949. The van der Waals surface area contributed by atoms with Gasteiger partial charge in [0.25, 0.3) is 0 Å². The van der Waals surface area contributed by atoms with Crippen molar-refractivity contribution in [2.75, 3.05) is 7.11 Å². The predicted octanol–water partition coefficient (Wildman–Crippen LogP) is 3.36. The van der Waals surface area contributed by atoms with Crippen molar-refractivity contribution in [3.8, 4) is 28.3 Å². The molecule has 0 aliphatic carbocycles. The lowest BCUT2D eigenvalue weighted by Crippen LogP contribution is -1.94. The van der Waals surface area contributed by atoms with Gasteiger partial charge in [0.2, 0.25) is 0 Å². The Morgan fingerprint density at radius 3 is 2.52 bits per heavy atom. The highest BCUT2D eigenvalue weighted by atomic mass is 16.5. The van der Waals surface area contributed by atoms with Gasteiger partial charge < -0.3 is 9.26 Å². The lowest BCUT2D eigenvalue weighted by atomic mass is 10.1. The first-order chi connectivity index (χ1) is 11.4. The summed E-state index contributed by atoms with van der Waals surface area (Å²) in [5, 5.41) is 13.6. The Labute approximate surface area is 131 Å². The highest BCUT2D eigenvalue weighted by Crippen LogP contribution is 2.31. The summed E-state index contributed by atoms with van der Waals surface area (Å²) in [6, 6.07) is 11.4. The van der Waals surface area contributed by atoms with Crippen LogP contribution in [0.1, 0.15) is 0 Å². The molecule has 0 amide bonds. The predicted molar refractivity (Wildman–Crippen MR) is 84.8 cm³/mol. The molecule has 3 heterocycles. The van der Waals surface area contributed by atoms with Crippen LogP contribution in [-0.4, -0.2) is 27.4 Å². The molecular weight excluding hydrogens is 292 g/mol. The molecule has 0 saturated carbocycles. The maximum absolute atomic E-state index is 5.18. The fourth-order valence-electron chi connectivity index (χ4n) is 2.44. The summed E-state index contributed by atoms with van der Waals surface area (Å²) in [5.74, 6) is 0.782. The van der Waals surface area contributed by atoms with E-state index >= 15 is 0 Å². The van der Waals surface area contributed by atoms with Crippen LogP contribution < -0.4 is 4.74 Å². The van der Waals surface area contributed by atoms with Crippen molar-refractivity contribution in [1.82, 2.24) is 20.3 Å². The quantitative estimate of drug-likeness (QED) is 0.578. The summed E-state index contributed by atoms with van der Waals surface area (Å²) >= 11 is 0. The van der Waals surface area contributed by atoms with E-state index < -0.39 is 0 Å². The number of benzene rings is 1. The first kappa shape index (κ1) is 13.4. The summed E-state index contributed by atoms with van der Waals surface area (Å²) in [4.78, 5) is 4.12. The molecule has 0 saturated heterocycles. The molecule has 1 aromatic carbocycles. The molecule has 0 radical (unpaired) electrons. The number of hydrogen-bond donors (Lipinski definition) is 0. The molecule has 0 unspecified atom stereocenters. The number of fused-ring (bicyclic) bond motifs is 1. The number of aromatic nitrogens is 4. The zero-order valence-corrected chi connectivity index (χ0v) is 12.3. The van der Waals surface area contributed by atoms with Gasteiger partial charge in [-0.1, -0.05) is 5.16 Å². The van der Waals surface area contributed by atoms with Gasteiger partial charge in [-0.25, -0.2) is 0 Å². The van der Waals surface area contributed by atoms with Crippen molar-refractivity contribution in [2.45, 2.75) is 0 Å². The molecule has 3 aromatic heterocycles. The Balaban J connectivity index is 1.88. The SMILES string of the molecule is COc1ccc(-c2nnc(-c3cccnc3)c3conc23)cc1. The molecule has 0 bridgehead atoms. The third-order valence-corrected chi connectivity index (χ3v) is 3.60. The molecule has 6 nitrogen and oxygen atoms in total. The average molecular weight is 304 g/mol. The number of methoxy groups -OCH3 is 1. The molecule has 112 valence electrons. The largest absolute Gasteiger partial charge is 0.497 e. The number of ether oxygens (including phenoxy) is 1. The van der Waals surface area contributed by atoms with Crippen LogP contribution in [0.15, 0.2) is 59.6 Å². The molecule has 0 aliphatic rings. The lowest BCUT2D eigenvalue weighted by molar-refractivity contribution is 0.415. The van der Waals surface area contributed by atoms with E-state index in [1.807, 2.05) is 36.4 Å². The van der Waals surface area contributed by atoms with Crippen LogP contribution in [0.5, 0.6) is 5.75 Å². The van der Waals surface area contributed by atoms with Crippen molar-refractivity contribution in [2.24, 2.45) is 0 Å². The summed E-state index contributed by atoms with van der Waals surface area (Å²) in [6.07, 6.45) is 5.04. The molecule has 0 atom stereocenters. The summed E-state index contributed by atoms with van der Waals surface area (Å²) in [5.41, 5.74) is 3.81. The minimum Gasteiger partial charge on any atom is -0.497 e. The van der Waals surface area contributed by atoms with E-state index in [9.17, 15) is 0 Å². The third-order valence-electron chi connectivity index (χ3n) is 3.60. The average Bonchev–Trinajstić information content (AvgIpc) is 3.11. The van der Waals surface area contributed by atoms with Crippen molar-refractivity contribution in [1.29, 1.82) is 0 Å². The first-order valence-corrected chi connectivity index (χ1v) is 7.02. The molecule has 0 fully saturated rings. The minimum absolute atomic E-state index is 0.670. The third kappa shape index (κ3) is 2.30. The van der Waals surface area contributed by atoms with Crippen molar-refractivity contribution >= 4 is 10.9 Å². The maximum Gasteiger partial charge on any atom is 0.144 e. The highest BCUT2D eigenvalue weighted by Gasteiger charge is 2.16. The molecule has 0 N–H and O–H groups in total.